The average molecular weight is 642 g/mol. The molecule has 0 aliphatic rings. The lowest BCUT2D eigenvalue weighted by Crippen LogP contribution is -2.23. The summed E-state index contributed by atoms with van der Waals surface area (Å²) in [6.07, 6.45) is 21.1. The number of hydrogen-bond acceptors (Lipinski definition) is 3. The lowest BCUT2D eigenvalue weighted by Gasteiger charge is -2.12. The van der Waals surface area contributed by atoms with E-state index in [0.29, 0.717) is 12.3 Å². The first kappa shape index (κ1) is 34.4. The van der Waals surface area contributed by atoms with Crippen molar-refractivity contribution in [3.8, 4) is 5.75 Å². The Morgan fingerprint density at radius 3 is 1.59 bits per heavy atom. The Morgan fingerprint density at radius 2 is 1.10 bits per heavy atom. The van der Waals surface area contributed by atoms with E-state index in [1.165, 1.54) is 89.9 Å². The van der Waals surface area contributed by atoms with Crippen LogP contribution in [0.25, 0.3) is 0 Å². The van der Waals surface area contributed by atoms with Gasteiger partial charge in [0.1, 0.15) is 22.4 Å². The maximum absolute atomic E-state index is 12.4. The Kier molecular flexibility index (Phi) is 17.8. The summed E-state index contributed by atoms with van der Waals surface area (Å²) in [5, 5.41) is 3.18. The molecule has 9 heteroatoms. The molecule has 0 bridgehead atoms. The molecule has 4 nitrogen and oxygen atoms in total. The zero-order valence-corrected chi connectivity index (χ0v) is 26.8. The van der Waals surface area contributed by atoms with E-state index in [-0.39, 0.29) is 49.1 Å². The standard InChI is InChI=1S/C30H42Cl5NO3/c1-2-3-4-5-6-7-8-9-10-11-12-13-14-15-16-17-20-36-30(37)23-19-18-22(39-23)21-38-29-27(34)25(32)24(31)26(33)28(29)35/h18-19H,2-17,20-21H2,1H3,(H,36,37). The Bertz CT molecular complexity index is 966. The quantitative estimate of drug-likeness (QED) is 0.0838. The highest BCUT2D eigenvalue weighted by molar-refractivity contribution is 6.55. The zero-order chi connectivity index (χ0) is 28.5. The minimum absolute atomic E-state index is 0.0138. The van der Waals surface area contributed by atoms with E-state index in [1.54, 1.807) is 12.1 Å². The molecule has 0 radical (unpaired) electrons. The summed E-state index contributed by atoms with van der Waals surface area (Å²) < 4.78 is 11.2. The molecule has 39 heavy (non-hydrogen) atoms. The second-order valence-electron chi connectivity index (χ2n) is 10.0. The van der Waals surface area contributed by atoms with E-state index in [2.05, 4.69) is 12.2 Å². The van der Waals surface area contributed by atoms with Crippen LogP contribution in [0.4, 0.5) is 0 Å². The maximum Gasteiger partial charge on any atom is 0.286 e. The fraction of sp³-hybridized carbons (Fsp3) is 0.633. The van der Waals surface area contributed by atoms with Gasteiger partial charge in [0.05, 0.1) is 15.1 Å². The van der Waals surface area contributed by atoms with Gasteiger partial charge in [0.2, 0.25) is 0 Å². The third-order valence-electron chi connectivity index (χ3n) is 6.73. The monoisotopic (exact) mass is 639 g/mol. The van der Waals surface area contributed by atoms with Crippen molar-refractivity contribution >= 4 is 63.9 Å². The lowest BCUT2D eigenvalue weighted by atomic mass is 10.0. The van der Waals surface area contributed by atoms with Gasteiger partial charge < -0.3 is 14.5 Å². The third kappa shape index (κ3) is 12.7. The van der Waals surface area contributed by atoms with Crippen molar-refractivity contribution in [1.29, 1.82) is 0 Å². The maximum atomic E-state index is 12.4. The minimum Gasteiger partial charge on any atom is -0.482 e. The highest BCUT2D eigenvalue weighted by Gasteiger charge is 2.21. The molecule has 1 amide bonds. The van der Waals surface area contributed by atoms with Gasteiger partial charge in [-0.25, -0.2) is 0 Å². The molecule has 1 N–H and O–H groups in total. The van der Waals surface area contributed by atoms with Crippen molar-refractivity contribution in [3.05, 3.63) is 48.8 Å². The molecule has 0 aliphatic carbocycles. The number of ether oxygens (including phenoxy) is 1. The number of halogens is 5. The predicted molar refractivity (Wildman–Crippen MR) is 166 cm³/mol. The molecule has 1 heterocycles. The molecule has 1 aromatic carbocycles. The van der Waals surface area contributed by atoms with E-state index in [9.17, 15) is 4.79 Å². The fourth-order valence-electron chi connectivity index (χ4n) is 4.39. The number of benzene rings is 1. The van der Waals surface area contributed by atoms with Crippen LogP contribution in [0.2, 0.25) is 25.1 Å². The SMILES string of the molecule is CCCCCCCCCCCCCCCCCCNC(=O)c1ccc(COc2c(Cl)c(Cl)c(Cl)c(Cl)c2Cl)o1. The molecule has 0 unspecified atom stereocenters. The molecule has 1 aromatic heterocycles. The molecular formula is C30H42Cl5NO3. The van der Waals surface area contributed by atoms with E-state index >= 15 is 0 Å². The van der Waals surface area contributed by atoms with Crippen LogP contribution < -0.4 is 10.1 Å². The van der Waals surface area contributed by atoms with Crippen molar-refractivity contribution in [2.45, 2.75) is 116 Å². The Hall–Kier alpha value is -0.780. The number of furan rings is 1. The normalized spacial score (nSPS) is 11.2. The molecule has 220 valence electrons. The number of carbonyl (C=O) groups excluding carboxylic acids is 1. The average Bonchev–Trinajstić information content (AvgIpc) is 3.41. The summed E-state index contributed by atoms with van der Waals surface area (Å²) in [5.41, 5.74) is 0. The Morgan fingerprint density at radius 1 is 0.667 bits per heavy atom. The van der Waals surface area contributed by atoms with E-state index < -0.39 is 0 Å². The van der Waals surface area contributed by atoms with Crippen LogP contribution in [0.1, 0.15) is 126 Å². The topological polar surface area (TPSA) is 51.5 Å². The third-order valence-corrected chi connectivity index (χ3v) is 8.97. The van der Waals surface area contributed by atoms with Gasteiger partial charge in [-0.15, -0.1) is 0 Å². The molecule has 0 saturated carbocycles. The molecule has 0 fully saturated rings. The van der Waals surface area contributed by atoms with Gasteiger partial charge in [0, 0.05) is 6.54 Å². The summed E-state index contributed by atoms with van der Waals surface area (Å²) in [5.74, 6) is 0.492. The second kappa shape index (κ2) is 20.2. The fourth-order valence-corrected chi connectivity index (χ4v) is 5.62. The van der Waals surface area contributed by atoms with Crippen molar-refractivity contribution in [2.24, 2.45) is 0 Å². The van der Waals surface area contributed by atoms with Crippen LogP contribution in [0.3, 0.4) is 0 Å². The molecule has 0 spiro atoms. The molecular weight excluding hydrogens is 600 g/mol. The van der Waals surface area contributed by atoms with Crippen molar-refractivity contribution < 1.29 is 13.9 Å². The molecule has 0 atom stereocenters. The zero-order valence-electron chi connectivity index (χ0n) is 23.0. The summed E-state index contributed by atoms with van der Waals surface area (Å²) >= 11 is 30.5. The molecule has 0 saturated heterocycles. The summed E-state index contributed by atoms with van der Waals surface area (Å²) in [6.45, 7) is 2.88. The van der Waals surface area contributed by atoms with Crippen molar-refractivity contribution in [1.82, 2.24) is 5.32 Å². The first-order valence-electron chi connectivity index (χ1n) is 14.4. The van der Waals surface area contributed by atoms with Crippen LogP contribution in [0.5, 0.6) is 5.75 Å². The van der Waals surface area contributed by atoms with Crippen LogP contribution in [0.15, 0.2) is 16.5 Å². The van der Waals surface area contributed by atoms with Crippen molar-refractivity contribution in [2.75, 3.05) is 6.54 Å². The Balaban J connectivity index is 1.50. The first-order valence-corrected chi connectivity index (χ1v) is 16.3. The van der Waals surface area contributed by atoms with Crippen LogP contribution >= 0.6 is 58.0 Å². The molecule has 2 rings (SSSR count). The van der Waals surface area contributed by atoms with Crippen molar-refractivity contribution in [3.63, 3.8) is 0 Å². The van der Waals surface area contributed by atoms with E-state index in [1.807, 2.05) is 0 Å². The van der Waals surface area contributed by atoms with Gasteiger partial charge in [-0.3, -0.25) is 4.79 Å². The van der Waals surface area contributed by atoms with Crippen LogP contribution in [-0.4, -0.2) is 12.5 Å². The number of unbranched alkanes of at least 4 members (excludes halogenated alkanes) is 15. The second-order valence-corrected chi connectivity index (χ2v) is 11.9. The highest BCUT2D eigenvalue weighted by atomic mass is 35.5. The number of carbonyl (C=O) groups is 1. The largest absolute Gasteiger partial charge is 0.482 e. The van der Waals surface area contributed by atoms with Gasteiger partial charge in [0.25, 0.3) is 5.91 Å². The van der Waals surface area contributed by atoms with E-state index in [0.717, 1.165) is 12.8 Å². The van der Waals surface area contributed by atoms with Crippen LogP contribution in [0, 0.1) is 0 Å². The Labute approximate surface area is 259 Å². The summed E-state index contributed by atoms with van der Waals surface area (Å²) in [4.78, 5) is 12.4. The van der Waals surface area contributed by atoms with Gasteiger partial charge in [-0.1, -0.05) is 161 Å². The number of hydrogen-bond donors (Lipinski definition) is 1. The molecule has 0 aliphatic heterocycles. The van der Waals surface area contributed by atoms with E-state index in [4.69, 9.17) is 67.2 Å². The van der Waals surface area contributed by atoms with Crippen LogP contribution in [-0.2, 0) is 6.61 Å². The smallest absolute Gasteiger partial charge is 0.286 e. The minimum atomic E-state index is -0.254. The van der Waals surface area contributed by atoms with Gasteiger partial charge in [-0.05, 0) is 18.6 Å². The lowest BCUT2D eigenvalue weighted by molar-refractivity contribution is 0.0921. The molecule has 2 aromatic rings. The summed E-state index contributed by atoms with van der Waals surface area (Å²) in [6, 6.07) is 3.26. The number of nitrogens with one attached hydrogen (secondary N) is 1. The van der Waals surface area contributed by atoms with Gasteiger partial charge in [-0.2, -0.15) is 0 Å². The number of rotatable bonds is 21. The van der Waals surface area contributed by atoms with Gasteiger partial charge >= 0.3 is 0 Å². The first-order chi connectivity index (χ1) is 18.9. The van der Waals surface area contributed by atoms with Gasteiger partial charge in [0.15, 0.2) is 11.5 Å². The number of amides is 1. The highest BCUT2D eigenvalue weighted by Crippen LogP contribution is 2.48. The predicted octanol–water partition coefficient (Wildman–Crippen LogP) is 12.1. The summed E-state index contributed by atoms with van der Waals surface area (Å²) in [7, 11) is 0.